The second-order valence-corrected chi connectivity index (χ2v) is 4.09. The van der Waals surface area contributed by atoms with Gasteiger partial charge in [-0.05, 0) is 6.92 Å². The minimum atomic E-state index is -0.361. The van der Waals surface area contributed by atoms with Crippen LogP contribution in [0.5, 0.6) is 0 Å². The van der Waals surface area contributed by atoms with Crippen LogP contribution in [0.4, 0.5) is 0 Å². The summed E-state index contributed by atoms with van der Waals surface area (Å²) in [4.78, 5) is 13.4. The van der Waals surface area contributed by atoms with Crippen molar-refractivity contribution in [2.75, 3.05) is 26.3 Å². The summed E-state index contributed by atoms with van der Waals surface area (Å²) in [5.41, 5.74) is 5.54. The molecule has 2 aliphatic rings. The lowest BCUT2D eigenvalue weighted by molar-refractivity contribution is -0.131. The highest BCUT2D eigenvalue weighted by Crippen LogP contribution is 2.29. The summed E-state index contributed by atoms with van der Waals surface area (Å²) in [5.74, 6) is 1.19. The Balaban J connectivity index is 1.95. The standard InChI is InChI=1S/C9H16N2O2/c1-6(10)9(12)11-2-7-4-13-5-8(7)3-11/h6-8H,2-5,10H2,1H3/t6-,7-,8+/m1/s1. The number of fused-ring (bicyclic) bond motifs is 1. The van der Waals surface area contributed by atoms with E-state index in [1.54, 1.807) is 6.92 Å². The molecule has 0 radical (unpaired) electrons. The average molecular weight is 184 g/mol. The zero-order valence-electron chi connectivity index (χ0n) is 7.90. The Morgan fingerprint density at radius 3 is 2.46 bits per heavy atom. The quantitative estimate of drug-likeness (QED) is 0.594. The van der Waals surface area contributed by atoms with Crippen molar-refractivity contribution < 1.29 is 9.53 Å². The number of nitrogens with zero attached hydrogens (tertiary/aromatic N) is 1. The molecule has 0 aromatic heterocycles. The Morgan fingerprint density at radius 1 is 1.46 bits per heavy atom. The molecular weight excluding hydrogens is 168 g/mol. The van der Waals surface area contributed by atoms with Crippen LogP contribution in [0.3, 0.4) is 0 Å². The van der Waals surface area contributed by atoms with Gasteiger partial charge in [0.15, 0.2) is 0 Å². The van der Waals surface area contributed by atoms with E-state index in [9.17, 15) is 4.79 Å². The van der Waals surface area contributed by atoms with Crippen LogP contribution in [0, 0.1) is 11.8 Å². The fraction of sp³-hybridized carbons (Fsp3) is 0.889. The molecule has 1 amide bonds. The molecule has 0 saturated carbocycles. The summed E-state index contributed by atoms with van der Waals surface area (Å²) in [6, 6.07) is -0.361. The van der Waals surface area contributed by atoms with Gasteiger partial charge in [-0.15, -0.1) is 0 Å². The predicted octanol–water partition coefficient (Wildman–Crippen LogP) is -0.562. The summed E-state index contributed by atoms with van der Waals surface area (Å²) in [5, 5.41) is 0. The normalized spacial score (nSPS) is 34.8. The maximum atomic E-state index is 11.5. The van der Waals surface area contributed by atoms with E-state index in [2.05, 4.69) is 0 Å². The smallest absolute Gasteiger partial charge is 0.239 e. The number of ether oxygens (including phenoxy) is 1. The second kappa shape index (κ2) is 3.27. The van der Waals surface area contributed by atoms with E-state index in [0.29, 0.717) is 11.8 Å². The molecule has 0 aliphatic carbocycles. The van der Waals surface area contributed by atoms with Crippen LogP contribution in [-0.2, 0) is 9.53 Å². The van der Waals surface area contributed by atoms with Gasteiger partial charge in [0.1, 0.15) is 0 Å². The third kappa shape index (κ3) is 1.56. The first kappa shape index (κ1) is 8.97. The molecule has 3 atom stereocenters. The zero-order valence-corrected chi connectivity index (χ0v) is 7.90. The second-order valence-electron chi connectivity index (χ2n) is 4.09. The van der Waals surface area contributed by atoms with Crippen molar-refractivity contribution in [1.82, 2.24) is 4.90 Å². The number of rotatable bonds is 1. The van der Waals surface area contributed by atoms with Crippen molar-refractivity contribution in [2.45, 2.75) is 13.0 Å². The van der Waals surface area contributed by atoms with E-state index in [1.165, 1.54) is 0 Å². The Bertz CT molecular complexity index is 206. The van der Waals surface area contributed by atoms with E-state index in [0.717, 1.165) is 26.3 Å². The monoisotopic (exact) mass is 184 g/mol. The Hall–Kier alpha value is -0.610. The highest BCUT2D eigenvalue weighted by molar-refractivity contribution is 5.81. The molecule has 4 heteroatoms. The fourth-order valence-corrected chi connectivity index (χ4v) is 2.16. The molecule has 13 heavy (non-hydrogen) atoms. The number of nitrogens with two attached hydrogens (primary N) is 1. The molecule has 2 rings (SSSR count). The minimum Gasteiger partial charge on any atom is -0.381 e. The number of carbonyl (C=O) groups excluding carboxylic acids is 1. The summed E-state index contributed by atoms with van der Waals surface area (Å²) >= 11 is 0. The fourth-order valence-electron chi connectivity index (χ4n) is 2.16. The lowest BCUT2D eigenvalue weighted by atomic mass is 10.0. The summed E-state index contributed by atoms with van der Waals surface area (Å²) in [6.07, 6.45) is 0. The SMILES string of the molecule is C[C@@H](N)C(=O)N1C[C@H]2COC[C@H]2C1. The number of likely N-dealkylation sites (tertiary alicyclic amines) is 1. The number of amides is 1. The van der Waals surface area contributed by atoms with Crippen LogP contribution >= 0.6 is 0 Å². The lowest BCUT2D eigenvalue weighted by Crippen LogP contribution is -2.41. The molecular formula is C9H16N2O2. The van der Waals surface area contributed by atoms with Gasteiger partial charge in [0, 0.05) is 24.9 Å². The van der Waals surface area contributed by atoms with Crippen LogP contribution in [0.25, 0.3) is 0 Å². The third-order valence-corrected chi connectivity index (χ3v) is 2.94. The molecule has 2 heterocycles. The van der Waals surface area contributed by atoms with Crippen molar-refractivity contribution in [3.8, 4) is 0 Å². The number of hydrogen-bond donors (Lipinski definition) is 1. The van der Waals surface area contributed by atoms with Gasteiger partial charge in [0.05, 0.1) is 19.3 Å². The van der Waals surface area contributed by atoms with E-state index < -0.39 is 0 Å². The molecule has 0 unspecified atom stereocenters. The molecule has 4 nitrogen and oxygen atoms in total. The lowest BCUT2D eigenvalue weighted by Gasteiger charge is -2.19. The first-order valence-electron chi connectivity index (χ1n) is 4.80. The summed E-state index contributed by atoms with van der Waals surface area (Å²) < 4.78 is 5.33. The van der Waals surface area contributed by atoms with E-state index in [1.807, 2.05) is 4.90 Å². The largest absolute Gasteiger partial charge is 0.381 e. The van der Waals surface area contributed by atoms with Crippen molar-refractivity contribution >= 4 is 5.91 Å². The maximum absolute atomic E-state index is 11.5. The van der Waals surface area contributed by atoms with Crippen molar-refractivity contribution in [1.29, 1.82) is 0 Å². The highest BCUT2D eigenvalue weighted by Gasteiger charge is 2.39. The Labute approximate surface area is 78.0 Å². The maximum Gasteiger partial charge on any atom is 0.239 e. The molecule has 2 N–H and O–H groups in total. The van der Waals surface area contributed by atoms with Gasteiger partial charge in [-0.3, -0.25) is 4.79 Å². The molecule has 0 aromatic carbocycles. The zero-order chi connectivity index (χ0) is 9.42. The predicted molar refractivity (Wildman–Crippen MR) is 48.0 cm³/mol. The van der Waals surface area contributed by atoms with Crippen LogP contribution in [0.2, 0.25) is 0 Å². The molecule has 0 spiro atoms. The minimum absolute atomic E-state index is 0.0781. The molecule has 0 bridgehead atoms. The number of carbonyl (C=O) groups is 1. The molecule has 2 fully saturated rings. The first-order chi connectivity index (χ1) is 6.18. The van der Waals surface area contributed by atoms with Crippen LogP contribution in [0.15, 0.2) is 0 Å². The van der Waals surface area contributed by atoms with Crippen LogP contribution in [-0.4, -0.2) is 43.2 Å². The molecule has 0 aromatic rings. The molecule has 74 valence electrons. The average Bonchev–Trinajstić information content (AvgIpc) is 2.59. The van der Waals surface area contributed by atoms with Gasteiger partial charge in [-0.1, -0.05) is 0 Å². The van der Waals surface area contributed by atoms with Gasteiger partial charge in [-0.2, -0.15) is 0 Å². The van der Waals surface area contributed by atoms with Gasteiger partial charge in [0.2, 0.25) is 5.91 Å². The first-order valence-corrected chi connectivity index (χ1v) is 4.80. The Kier molecular flexibility index (Phi) is 2.26. The van der Waals surface area contributed by atoms with Crippen molar-refractivity contribution in [3.63, 3.8) is 0 Å². The van der Waals surface area contributed by atoms with Gasteiger partial charge in [0.25, 0.3) is 0 Å². The van der Waals surface area contributed by atoms with Gasteiger partial charge in [-0.25, -0.2) is 0 Å². The van der Waals surface area contributed by atoms with Gasteiger partial charge < -0.3 is 15.4 Å². The van der Waals surface area contributed by atoms with Crippen LogP contribution in [0.1, 0.15) is 6.92 Å². The van der Waals surface area contributed by atoms with Gasteiger partial charge >= 0.3 is 0 Å². The number of hydrogen-bond acceptors (Lipinski definition) is 3. The molecule has 2 aliphatic heterocycles. The van der Waals surface area contributed by atoms with E-state index in [4.69, 9.17) is 10.5 Å². The van der Waals surface area contributed by atoms with E-state index in [-0.39, 0.29) is 11.9 Å². The summed E-state index contributed by atoms with van der Waals surface area (Å²) in [6.45, 7) is 5.05. The Morgan fingerprint density at radius 2 is 2.00 bits per heavy atom. The topological polar surface area (TPSA) is 55.6 Å². The van der Waals surface area contributed by atoms with E-state index >= 15 is 0 Å². The van der Waals surface area contributed by atoms with Crippen LogP contribution < -0.4 is 5.73 Å². The van der Waals surface area contributed by atoms with Crippen molar-refractivity contribution in [2.24, 2.45) is 17.6 Å². The third-order valence-electron chi connectivity index (χ3n) is 2.94. The van der Waals surface area contributed by atoms with Crippen molar-refractivity contribution in [3.05, 3.63) is 0 Å². The highest BCUT2D eigenvalue weighted by atomic mass is 16.5. The molecule has 2 saturated heterocycles. The summed E-state index contributed by atoms with van der Waals surface area (Å²) in [7, 11) is 0.